The van der Waals surface area contributed by atoms with E-state index in [0.29, 0.717) is 0 Å². The van der Waals surface area contributed by atoms with Gasteiger partial charge in [0.2, 0.25) is 0 Å². The highest BCUT2D eigenvalue weighted by molar-refractivity contribution is 5.70. The van der Waals surface area contributed by atoms with E-state index in [1.807, 2.05) is 0 Å². The second-order valence-corrected chi connectivity index (χ2v) is 3.04. The average molecular weight is 174 g/mol. The van der Waals surface area contributed by atoms with E-state index in [1.54, 1.807) is 14.0 Å². The Kier molecular flexibility index (Phi) is 5.72. The van der Waals surface area contributed by atoms with Crippen molar-refractivity contribution in [2.75, 3.05) is 7.11 Å². The SMILES string of the molecule is CCCCC(OC)C(C)C(=O)O. The molecule has 0 radical (unpaired) electrons. The van der Waals surface area contributed by atoms with Gasteiger partial charge in [0.1, 0.15) is 0 Å². The van der Waals surface area contributed by atoms with Gasteiger partial charge in [-0.25, -0.2) is 0 Å². The Bertz CT molecular complexity index is 134. The van der Waals surface area contributed by atoms with Crippen molar-refractivity contribution in [2.45, 2.75) is 39.2 Å². The smallest absolute Gasteiger partial charge is 0.308 e. The van der Waals surface area contributed by atoms with Crippen LogP contribution in [0.1, 0.15) is 33.1 Å². The van der Waals surface area contributed by atoms with Gasteiger partial charge in [-0.1, -0.05) is 19.8 Å². The molecule has 0 spiro atoms. The van der Waals surface area contributed by atoms with E-state index in [9.17, 15) is 4.79 Å². The van der Waals surface area contributed by atoms with Gasteiger partial charge in [0.15, 0.2) is 0 Å². The lowest BCUT2D eigenvalue weighted by molar-refractivity contribution is -0.145. The van der Waals surface area contributed by atoms with Crippen molar-refractivity contribution in [1.29, 1.82) is 0 Å². The van der Waals surface area contributed by atoms with Crippen molar-refractivity contribution in [2.24, 2.45) is 5.92 Å². The van der Waals surface area contributed by atoms with Crippen LogP contribution in [0.4, 0.5) is 0 Å². The molecule has 0 saturated heterocycles. The first-order valence-electron chi connectivity index (χ1n) is 4.39. The minimum atomic E-state index is -0.780. The number of hydrogen-bond acceptors (Lipinski definition) is 2. The fourth-order valence-corrected chi connectivity index (χ4v) is 1.14. The number of carboxylic acid groups (broad SMARTS) is 1. The zero-order valence-electron chi connectivity index (χ0n) is 8.04. The van der Waals surface area contributed by atoms with E-state index in [4.69, 9.17) is 9.84 Å². The minimum absolute atomic E-state index is 0.137. The highest BCUT2D eigenvalue weighted by atomic mass is 16.5. The predicted molar refractivity (Wildman–Crippen MR) is 47.1 cm³/mol. The maximum atomic E-state index is 10.6. The summed E-state index contributed by atoms with van der Waals surface area (Å²) < 4.78 is 5.09. The summed E-state index contributed by atoms with van der Waals surface area (Å²) in [6, 6.07) is 0. The number of hydrogen-bond donors (Lipinski definition) is 1. The van der Waals surface area contributed by atoms with Crippen LogP contribution in [0.15, 0.2) is 0 Å². The van der Waals surface area contributed by atoms with Gasteiger partial charge in [0.05, 0.1) is 12.0 Å². The summed E-state index contributed by atoms with van der Waals surface area (Å²) in [5.41, 5.74) is 0. The molecule has 12 heavy (non-hydrogen) atoms. The third-order valence-electron chi connectivity index (χ3n) is 2.09. The highest BCUT2D eigenvalue weighted by Crippen LogP contribution is 2.13. The molecule has 0 aromatic carbocycles. The third-order valence-corrected chi connectivity index (χ3v) is 2.09. The molecule has 0 aliphatic heterocycles. The summed E-state index contributed by atoms with van der Waals surface area (Å²) in [5.74, 6) is -1.18. The van der Waals surface area contributed by atoms with Gasteiger partial charge < -0.3 is 9.84 Å². The Morgan fingerprint density at radius 2 is 2.17 bits per heavy atom. The summed E-state index contributed by atoms with van der Waals surface area (Å²) in [6.45, 7) is 3.77. The Balaban J connectivity index is 3.87. The summed E-state index contributed by atoms with van der Waals surface area (Å²) in [6.07, 6.45) is 2.80. The van der Waals surface area contributed by atoms with Crippen LogP contribution < -0.4 is 0 Å². The van der Waals surface area contributed by atoms with Gasteiger partial charge in [-0.15, -0.1) is 0 Å². The van der Waals surface area contributed by atoms with Crippen LogP contribution >= 0.6 is 0 Å². The van der Waals surface area contributed by atoms with Crippen LogP contribution in [-0.4, -0.2) is 24.3 Å². The molecule has 72 valence electrons. The van der Waals surface area contributed by atoms with Crippen molar-refractivity contribution in [3.8, 4) is 0 Å². The highest BCUT2D eigenvalue weighted by Gasteiger charge is 2.22. The van der Waals surface area contributed by atoms with Crippen LogP contribution in [0.2, 0.25) is 0 Å². The predicted octanol–water partition coefficient (Wildman–Crippen LogP) is 1.91. The number of carboxylic acids is 1. The van der Waals surface area contributed by atoms with E-state index in [1.165, 1.54) is 0 Å². The number of carbonyl (C=O) groups is 1. The molecule has 0 rings (SSSR count). The fraction of sp³-hybridized carbons (Fsp3) is 0.889. The lowest BCUT2D eigenvalue weighted by Gasteiger charge is -2.18. The van der Waals surface area contributed by atoms with Gasteiger partial charge in [0, 0.05) is 7.11 Å². The fourth-order valence-electron chi connectivity index (χ4n) is 1.14. The standard InChI is InChI=1S/C9H18O3/c1-4-5-6-8(12-3)7(2)9(10)11/h7-8H,4-6H2,1-3H3,(H,10,11). The molecule has 0 fully saturated rings. The van der Waals surface area contributed by atoms with Gasteiger partial charge >= 0.3 is 5.97 Å². The first-order chi connectivity index (χ1) is 5.63. The van der Waals surface area contributed by atoms with E-state index >= 15 is 0 Å². The van der Waals surface area contributed by atoms with Gasteiger partial charge in [-0.05, 0) is 13.3 Å². The lowest BCUT2D eigenvalue weighted by atomic mass is 10.00. The molecular formula is C9H18O3. The normalized spacial score (nSPS) is 15.6. The molecule has 2 unspecified atom stereocenters. The van der Waals surface area contributed by atoms with Crippen LogP contribution in [0.3, 0.4) is 0 Å². The Morgan fingerprint density at radius 3 is 2.50 bits per heavy atom. The minimum Gasteiger partial charge on any atom is -0.481 e. The second kappa shape index (κ2) is 6.00. The van der Waals surface area contributed by atoms with Gasteiger partial charge in [0.25, 0.3) is 0 Å². The molecular weight excluding hydrogens is 156 g/mol. The largest absolute Gasteiger partial charge is 0.481 e. The molecule has 0 aromatic rings. The Hall–Kier alpha value is -0.570. The number of unbranched alkanes of at least 4 members (excludes halogenated alkanes) is 1. The van der Waals surface area contributed by atoms with Gasteiger partial charge in [-0.3, -0.25) is 4.79 Å². The zero-order valence-corrected chi connectivity index (χ0v) is 8.04. The molecule has 2 atom stereocenters. The summed E-state index contributed by atoms with van der Waals surface area (Å²) in [5, 5.41) is 8.70. The van der Waals surface area contributed by atoms with E-state index in [2.05, 4.69) is 6.92 Å². The molecule has 3 nitrogen and oxygen atoms in total. The molecule has 0 saturated carbocycles. The molecule has 0 bridgehead atoms. The maximum absolute atomic E-state index is 10.6. The van der Waals surface area contributed by atoms with Crippen molar-refractivity contribution in [1.82, 2.24) is 0 Å². The summed E-state index contributed by atoms with van der Waals surface area (Å²) in [4.78, 5) is 10.6. The zero-order chi connectivity index (χ0) is 9.56. The molecule has 3 heteroatoms. The molecule has 0 amide bonds. The third kappa shape index (κ3) is 3.72. The van der Waals surface area contributed by atoms with Crippen LogP contribution in [-0.2, 0) is 9.53 Å². The topological polar surface area (TPSA) is 46.5 Å². The average Bonchev–Trinajstić information content (AvgIpc) is 2.05. The molecule has 0 aliphatic rings. The Labute approximate surface area is 73.7 Å². The van der Waals surface area contributed by atoms with Crippen molar-refractivity contribution >= 4 is 5.97 Å². The van der Waals surface area contributed by atoms with Crippen LogP contribution in [0.5, 0.6) is 0 Å². The Morgan fingerprint density at radius 1 is 1.58 bits per heavy atom. The molecule has 0 aromatic heterocycles. The first kappa shape index (κ1) is 11.4. The van der Waals surface area contributed by atoms with Crippen LogP contribution in [0.25, 0.3) is 0 Å². The van der Waals surface area contributed by atoms with E-state index < -0.39 is 11.9 Å². The lowest BCUT2D eigenvalue weighted by Crippen LogP contribution is -2.27. The number of ether oxygens (including phenoxy) is 1. The molecule has 0 aliphatic carbocycles. The summed E-state index contributed by atoms with van der Waals surface area (Å²) >= 11 is 0. The van der Waals surface area contributed by atoms with E-state index in [0.717, 1.165) is 19.3 Å². The molecule has 1 N–H and O–H groups in total. The van der Waals surface area contributed by atoms with Gasteiger partial charge in [-0.2, -0.15) is 0 Å². The number of methoxy groups -OCH3 is 1. The summed E-state index contributed by atoms with van der Waals surface area (Å²) in [7, 11) is 1.57. The quantitative estimate of drug-likeness (QED) is 0.669. The maximum Gasteiger partial charge on any atom is 0.308 e. The molecule has 0 heterocycles. The monoisotopic (exact) mass is 174 g/mol. The first-order valence-corrected chi connectivity index (χ1v) is 4.39. The number of aliphatic carboxylic acids is 1. The van der Waals surface area contributed by atoms with Crippen molar-refractivity contribution < 1.29 is 14.6 Å². The van der Waals surface area contributed by atoms with Crippen molar-refractivity contribution in [3.63, 3.8) is 0 Å². The second-order valence-electron chi connectivity index (χ2n) is 3.04. The number of rotatable bonds is 6. The van der Waals surface area contributed by atoms with Crippen LogP contribution in [0, 0.1) is 5.92 Å². The van der Waals surface area contributed by atoms with Crippen molar-refractivity contribution in [3.05, 3.63) is 0 Å². The van der Waals surface area contributed by atoms with E-state index in [-0.39, 0.29) is 6.10 Å².